The SMILES string of the molecule is CCCCN(CCCC)c1nc2c(C)c3c([nH]c4ccc(Br)cc43)c(C)c2c(=O)[nH]1. The van der Waals surface area contributed by atoms with E-state index in [1.165, 1.54) is 0 Å². The second-order valence-corrected chi connectivity index (χ2v) is 9.04. The molecule has 4 rings (SSSR count). The highest BCUT2D eigenvalue weighted by atomic mass is 79.9. The second-order valence-electron chi connectivity index (χ2n) is 8.12. The Hall–Kier alpha value is -2.34. The average Bonchev–Trinajstić information content (AvgIpc) is 3.11. The molecule has 0 aliphatic heterocycles. The highest BCUT2D eigenvalue weighted by Gasteiger charge is 2.19. The number of unbranched alkanes of at least 4 members (excludes halogenated alkanes) is 2. The predicted molar refractivity (Wildman–Crippen MR) is 131 cm³/mol. The molecule has 2 aromatic carbocycles. The van der Waals surface area contributed by atoms with Crippen LogP contribution in [0.3, 0.4) is 0 Å². The van der Waals surface area contributed by atoms with Crippen molar-refractivity contribution in [1.82, 2.24) is 15.0 Å². The normalized spacial score (nSPS) is 11.8. The van der Waals surface area contributed by atoms with E-state index >= 15 is 0 Å². The van der Waals surface area contributed by atoms with E-state index in [1.54, 1.807) is 0 Å². The number of H-pyrrole nitrogens is 2. The van der Waals surface area contributed by atoms with Crippen molar-refractivity contribution in [2.75, 3.05) is 18.0 Å². The number of nitrogens with one attached hydrogen (secondary N) is 2. The summed E-state index contributed by atoms with van der Waals surface area (Å²) in [5.74, 6) is 0.692. The standard InChI is InChI=1S/C24H29BrN4O/c1-5-7-11-29(12-8-6-2)24-27-22-14(3)19-17-13-16(25)9-10-18(17)26-21(19)15(4)20(22)23(30)28-24/h9-10,13,26H,5-8,11-12H2,1-4H3,(H,27,28,30). The molecule has 2 N–H and O–H groups in total. The summed E-state index contributed by atoms with van der Waals surface area (Å²) in [5.41, 5.74) is 4.83. The van der Waals surface area contributed by atoms with Crippen molar-refractivity contribution in [2.45, 2.75) is 53.4 Å². The molecule has 0 bridgehead atoms. The fraction of sp³-hybridized carbons (Fsp3) is 0.417. The number of hydrogen-bond donors (Lipinski definition) is 2. The zero-order valence-electron chi connectivity index (χ0n) is 18.2. The van der Waals surface area contributed by atoms with Gasteiger partial charge in [0.1, 0.15) is 0 Å². The van der Waals surface area contributed by atoms with Crippen molar-refractivity contribution >= 4 is 54.6 Å². The highest BCUT2D eigenvalue weighted by Crippen LogP contribution is 2.36. The van der Waals surface area contributed by atoms with Crippen LogP contribution >= 0.6 is 15.9 Å². The molecule has 2 heterocycles. The zero-order valence-corrected chi connectivity index (χ0v) is 19.7. The van der Waals surface area contributed by atoms with Crippen LogP contribution in [0.2, 0.25) is 0 Å². The summed E-state index contributed by atoms with van der Waals surface area (Å²) in [5, 5.41) is 2.98. The lowest BCUT2D eigenvalue weighted by molar-refractivity contribution is 0.663. The van der Waals surface area contributed by atoms with Crippen molar-refractivity contribution in [2.24, 2.45) is 0 Å². The van der Waals surface area contributed by atoms with Gasteiger partial charge >= 0.3 is 0 Å². The van der Waals surface area contributed by atoms with E-state index in [1.807, 2.05) is 13.0 Å². The maximum Gasteiger partial charge on any atom is 0.260 e. The van der Waals surface area contributed by atoms with Gasteiger partial charge in [-0.2, -0.15) is 0 Å². The second kappa shape index (κ2) is 8.42. The van der Waals surface area contributed by atoms with E-state index in [-0.39, 0.29) is 5.56 Å². The van der Waals surface area contributed by atoms with Gasteiger partial charge < -0.3 is 9.88 Å². The molecule has 30 heavy (non-hydrogen) atoms. The first-order valence-corrected chi connectivity index (χ1v) is 11.6. The van der Waals surface area contributed by atoms with Crippen LogP contribution in [-0.2, 0) is 0 Å². The lowest BCUT2D eigenvalue weighted by Gasteiger charge is -2.23. The summed E-state index contributed by atoms with van der Waals surface area (Å²) in [7, 11) is 0. The quantitative estimate of drug-likeness (QED) is 0.332. The van der Waals surface area contributed by atoms with Gasteiger partial charge in [0, 0.05) is 33.9 Å². The van der Waals surface area contributed by atoms with Gasteiger partial charge in [-0.1, -0.05) is 42.6 Å². The fourth-order valence-corrected chi connectivity index (χ4v) is 4.69. The lowest BCUT2D eigenvalue weighted by Crippen LogP contribution is -2.29. The summed E-state index contributed by atoms with van der Waals surface area (Å²) in [6.45, 7) is 10.3. The van der Waals surface area contributed by atoms with E-state index in [9.17, 15) is 4.79 Å². The van der Waals surface area contributed by atoms with Crippen LogP contribution in [0.25, 0.3) is 32.7 Å². The summed E-state index contributed by atoms with van der Waals surface area (Å²) in [4.78, 5) is 27.0. The minimum absolute atomic E-state index is 0.0599. The predicted octanol–water partition coefficient (Wildman–Crippen LogP) is 6.34. The van der Waals surface area contributed by atoms with Crippen LogP contribution in [0.15, 0.2) is 27.5 Å². The summed E-state index contributed by atoms with van der Waals surface area (Å²) in [6.07, 6.45) is 4.39. The molecule has 0 aliphatic rings. The highest BCUT2D eigenvalue weighted by molar-refractivity contribution is 9.10. The Morgan fingerprint density at radius 1 is 1.00 bits per heavy atom. The number of nitrogens with zero attached hydrogens (tertiary/aromatic N) is 2. The Morgan fingerprint density at radius 2 is 1.70 bits per heavy atom. The lowest BCUT2D eigenvalue weighted by atomic mass is 10.00. The molecule has 2 aromatic heterocycles. The van der Waals surface area contributed by atoms with Gasteiger partial charge in [-0.3, -0.25) is 9.78 Å². The zero-order chi connectivity index (χ0) is 21.4. The molecular weight excluding hydrogens is 440 g/mol. The molecule has 0 amide bonds. The van der Waals surface area contributed by atoms with Crippen LogP contribution in [-0.4, -0.2) is 28.0 Å². The third-order valence-electron chi connectivity index (χ3n) is 6.01. The van der Waals surface area contributed by atoms with E-state index in [2.05, 4.69) is 63.7 Å². The molecule has 0 unspecified atom stereocenters. The molecule has 0 saturated heterocycles. The third kappa shape index (κ3) is 3.51. The van der Waals surface area contributed by atoms with Crippen molar-refractivity contribution < 1.29 is 0 Å². The Balaban J connectivity index is 2.00. The summed E-state index contributed by atoms with van der Waals surface area (Å²) >= 11 is 3.59. The number of hydrogen-bond acceptors (Lipinski definition) is 3. The number of aromatic amines is 2. The number of benzene rings is 2. The Morgan fingerprint density at radius 3 is 2.37 bits per heavy atom. The van der Waals surface area contributed by atoms with E-state index in [0.717, 1.165) is 81.7 Å². The maximum atomic E-state index is 13.2. The number of rotatable bonds is 7. The molecule has 4 aromatic rings. The monoisotopic (exact) mass is 468 g/mol. The first-order chi connectivity index (χ1) is 14.5. The number of aryl methyl sites for hydroxylation is 2. The van der Waals surface area contributed by atoms with Crippen molar-refractivity contribution in [3.05, 3.63) is 44.2 Å². The molecule has 158 valence electrons. The van der Waals surface area contributed by atoms with Gasteiger partial charge in [0.2, 0.25) is 5.95 Å². The number of anilines is 1. The van der Waals surface area contributed by atoms with Gasteiger partial charge in [0.15, 0.2) is 0 Å². The van der Waals surface area contributed by atoms with Crippen LogP contribution in [0.4, 0.5) is 5.95 Å². The Kier molecular flexibility index (Phi) is 5.87. The first kappa shape index (κ1) is 20.9. The summed E-state index contributed by atoms with van der Waals surface area (Å²) in [6, 6.07) is 6.24. The van der Waals surface area contributed by atoms with Gasteiger partial charge in [-0.05, 0) is 56.0 Å². The molecule has 0 aliphatic carbocycles. The summed E-state index contributed by atoms with van der Waals surface area (Å²) < 4.78 is 1.04. The smallest absolute Gasteiger partial charge is 0.260 e. The number of fused-ring (bicyclic) bond motifs is 4. The van der Waals surface area contributed by atoms with Crippen molar-refractivity contribution in [1.29, 1.82) is 0 Å². The average molecular weight is 469 g/mol. The third-order valence-corrected chi connectivity index (χ3v) is 6.50. The van der Waals surface area contributed by atoms with Gasteiger partial charge in [0.05, 0.1) is 16.4 Å². The topological polar surface area (TPSA) is 64.8 Å². The van der Waals surface area contributed by atoms with Crippen molar-refractivity contribution in [3.63, 3.8) is 0 Å². The number of halogens is 1. The minimum atomic E-state index is -0.0599. The van der Waals surface area contributed by atoms with E-state index in [0.29, 0.717) is 11.3 Å². The van der Waals surface area contributed by atoms with E-state index in [4.69, 9.17) is 4.98 Å². The molecule has 0 saturated carbocycles. The van der Waals surface area contributed by atoms with Crippen LogP contribution < -0.4 is 10.5 Å². The Labute approximate surface area is 185 Å². The Bertz CT molecular complexity index is 1280. The molecule has 6 heteroatoms. The number of aromatic nitrogens is 3. The van der Waals surface area contributed by atoms with Crippen LogP contribution in [0, 0.1) is 13.8 Å². The minimum Gasteiger partial charge on any atom is -0.354 e. The largest absolute Gasteiger partial charge is 0.354 e. The van der Waals surface area contributed by atoms with Gasteiger partial charge in [0.25, 0.3) is 5.56 Å². The van der Waals surface area contributed by atoms with Gasteiger partial charge in [-0.15, -0.1) is 0 Å². The molecule has 0 radical (unpaired) electrons. The maximum absolute atomic E-state index is 13.2. The van der Waals surface area contributed by atoms with E-state index < -0.39 is 0 Å². The van der Waals surface area contributed by atoms with Crippen molar-refractivity contribution in [3.8, 4) is 0 Å². The molecule has 0 spiro atoms. The van der Waals surface area contributed by atoms with Crippen LogP contribution in [0.5, 0.6) is 0 Å². The fourth-order valence-electron chi connectivity index (χ4n) is 4.33. The first-order valence-electron chi connectivity index (χ1n) is 10.8. The molecule has 0 atom stereocenters. The molecule has 5 nitrogen and oxygen atoms in total. The molecular formula is C24H29BrN4O. The molecule has 0 fully saturated rings. The van der Waals surface area contributed by atoms with Crippen LogP contribution in [0.1, 0.15) is 50.7 Å². The van der Waals surface area contributed by atoms with Gasteiger partial charge in [-0.25, -0.2) is 4.98 Å².